The predicted molar refractivity (Wildman–Crippen MR) is 101 cm³/mol. The normalized spacial score (nSPS) is 17.2. The molecule has 0 bridgehead atoms. The first kappa shape index (κ1) is 18.3. The molecule has 0 saturated carbocycles. The van der Waals surface area contributed by atoms with Crippen molar-refractivity contribution in [3.63, 3.8) is 0 Å². The summed E-state index contributed by atoms with van der Waals surface area (Å²) in [6.45, 7) is 2.56. The molecule has 0 radical (unpaired) electrons. The molecule has 2 aliphatic rings. The molecule has 2 aliphatic heterocycles. The number of nitrogens with zero attached hydrogens (tertiary/aromatic N) is 2. The van der Waals surface area contributed by atoms with Crippen molar-refractivity contribution in [1.82, 2.24) is 4.90 Å². The third-order valence-electron chi connectivity index (χ3n) is 4.84. The average molecular weight is 384 g/mol. The molecule has 7 heteroatoms. The Labute approximate surface area is 162 Å². The molecule has 0 unspecified atom stereocenters. The quantitative estimate of drug-likeness (QED) is 0.765. The van der Waals surface area contributed by atoms with Crippen molar-refractivity contribution in [3.8, 4) is 11.5 Å². The zero-order chi connectivity index (χ0) is 19.5. The van der Waals surface area contributed by atoms with E-state index in [0.29, 0.717) is 36.4 Å². The van der Waals surface area contributed by atoms with Gasteiger partial charge in [-0.05, 0) is 24.3 Å². The number of amides is 1. The topological polar surface area (TPSA) is 60.4 Å². The van der Waals surface area contributed by atoms with Gasteiger partial charge in [0, 0.05) is 30.5 Å². The molecule has 1 atom stereocenters. The molecular weight excluding hydrogens is 363 g/mol. The molecule has 6 nitrogen and oxygen atoms in total. The fourth-order valence-electron chi connectivity index (χ4n) is 3.33. The molecule has 28 heavy (non-hydrogen) atoms. The lowest BCUT2D eigenvalue weighted by Gasteiger charge is -2.24. The van der Waals surface area contributed by atoms with Gasteiger partial charge in [-0.25, -0.2) is 4.39 Å². The minimum Gasteiger partial charge on any atom is -0.454 e. The predicted octanol–water partition coefficient (Wildman–Crippen LogP) is 3.49. The molecule has 1 amide bonds. The van der Waals surface area contributed by atoms with Gasteiger partial charge in [-0.1, -0.05) is 30.3 Å². The van der Waals surface area contributed by atoms with Crippen molar-refractivity contribution in [3.05, 3.63) is 59.4 Å². The molecule has 4 rings (SSSR count). The maximum absolute atomic E-state index is 14.0. The van der Waals surface area contributed by atoms with Gasteiger partial charge in [0.1, 0.15) is 5.82 Å². The Morgan fingerprint density at radius 2 is 2.04 bits per heavy atom. The number of hydrogen-bond donors (Lipinski definition) is 0. The fourth-order valence-corrected chi connectivity index (χ4v) is 3.33. The van der Waals surface area contributed by atoms with Gasteiger partial charge in [0.25, 0.3) is 0 Å². The first-order valence-corrected chi connectivity index (χ1v) is 9.28. The number of ether oxygens (including phenoxy) is 2. The second kappa shape index (κ2) is 7.88. The Morgan fingerprint density at radius 3 is 2.86 bits per heavy atom. The number of carbonyl (C=O) groups is 1. The van der Waals surface area contributed by atoms with Crippen LogP contribution in [0, 0.1) is 5.82 Å². The van der Waals surface area contributed by atoms with Crippen molar-refractivity contribution in [2.45, 2.75) is 32.4 Å². The second-order valence-electron chi connectivity index (χ2n) is 6.76. The molecule has 146 valence electrons. The Morgan fingerprint density at radius 1 is 1.21 bits per heavy atom. The fraction of sp³-hybridized carbons (Fsp3) is 0.333. The Hall–Kier alpha value is -3.09. The van der Waals surface area contributed by atoms with E-state index in [2.05, 4.69) is 5.16 Å². The monoisotopic (exact) mass is 384 g/mol. The van der Waals surface area contributed by atoms with Crippen molar-refractivity contribution in [2.75, 3.05) is 13.3 Å². The van der Waals surface area contributed by atoms with Gasteiger partial charge in [0.15, 0.2) is 17.6 Å². The minimum atomic E-state index is -0.318. The highest BCUT2D eigenvalue weighted by molar-refractivity contribution is 6.01. The summed E-state index contributed by atoms with van der Waals surface area (Å²) in [6.07, 6.45) is 0.629. The first-order chi connectivity index (χ1) is 13.6. The van der Waals surface area contributed by atoms with Crippen LogP contribution in [0.5, 0.6) is 11.5 Å². The van der Waals surface area contributed by atoms with Crippen molar-refractivity contribution in [2.24, 2.45) is 5.16 Å². The molecule has 2 aromatic rings. The zero-order valence-electron chi connectivity index (χ0n) is 15.6. The summed E-state index contributed by atoms with van der Waals surface area (Å²) < 4.78 is 24.7. The van der Waals surface area contributed by atoms with Crippen LogP contribution in [0.15, 0.2) is 47.6 Å². The number of halogens is 1. The maximum atomic E-state index is 14.0. The summed E-state index contributed by atoms with van der Waals surface area (Å²) in [4.78, 5) is 19.6. The SMILES string of the molecule is CCC(=O)N(Cc1ccccc1F)C[C@@H]1CC(c2ccc3c(c2)OCO3)=NO1. The van der Waals surface area contributed by atoms with Gasteiger partial charge in [-0.2, -0.15) is 0 Å². The molecule has 0 spiro atoms. The zero-order valence-corrected chi connectivity index (χ0v) is 15.6. The average Bonchev–Trinajstić information content (AvgIpc) is 3.37. The number of hydrogen-bond acceptors (Lipinski definition) is 5. The Bertz CT molecular complexity index is 915. The van der Waals surface area contributed by atoms with Crippen LogP contribution in [-0.2, 0) is 16.2 Å². The third kappa shape index (κ3) is 3.78. The highest BCUT2D eigenvalue weighted by atomic mass is 19.1. The largest absolute Gasteiger partial charge is 0.454 e. The number of carbonyl (C=O) groups excluding carboxylic acids is 1. The van der Waals surface area contributed by atoms with Crippen molar-refractivity contribution >= 4 is 11.6 Å². The van der Waals surface area contributed by atoms with Crippen LogP contribution in [0.4, 0.5) is 4.39 Å². The molecule has 2 aromatic carbocycles. The lowest BCUT2D eigenvalue weighted by molar-refractivity contribution is -0.133. The minimum absolute atomic E-state index is 0.0524. The molecular formula is C21H21FN2O4. The van der Waals surface area contributed by atoms with Crippen LogP contribution in [-0.4, -0.2) is 36.0 Å². The summed E-state index contributed by atoms with van der Waals surface area (Å²) in [5.41, 5.74) is 2.17. The number of fused-ring (bicyclic) bond motifs is 1. The molecule has 0 aliphatic carbocycles. The van der Waals surface area contributed by atoms with Crippen LogP contribution < -0.4 is 9.47 Å². The first-order valence-electron chi connectivity index (χ1n) is 9.28. The van der Waals surface area contributed by atoms with Crippen LogP contribution in [0.25, 0.3) is 0 Å². The summed E-state index contributed by atoms with van der Waals surface area (Å²) in [6, 6.07) is 12.1. The van der Waals surface area contributed by atoms with E-state index in [9.17, 15) is 9.18 Å². The summed E-state index contributed by atoms with van der Waals surface area (Å²) in [5, 5.41) is 4.18. The number of oxime groups is 1. The number of rotatable bonds is 6. The third-order valence-corrected chi connectivity index (χ3v) is 4.84. The van der Waals surface area contributed by atoms with Crippen LogP contribution in [0.2, 0.25) is 0 Å². The van der Waals surface area contributed by atoms with Gasteiger partial charge >= 0.3 is 0 Å². The van der Waals surface area contributed by atoms with Crippen LogP contribution in [0.3, 0.4) is 0 Å². The smallest absolute Gasteiger partial charge is 0.231 e. The molecule has 0 saturated heterocycles. The van der Waals surface area contributed by atoms with E-state index in [1.165, 1.54) is 6.07 Å². The summed E-state index contributed by atoms with van der Waals surface area (Å²) >= 11 is 0. The highest BCUT2D eigenvalue weighted by Gasteiger charge is 2.27. The van der Waals surface area contributed by atoms with Gasteiger partial charge in [0.05, 0.1) is 12.3 Å². The Kier molecular flexibility index (Phi) is 5.14. The van der Waals surface area contributed by atoms with E-state index in [4.69, 9.17) is 14.3 Å². The van der Waals surface area contributed by atoms with Crippen LogP contribution in [0.1, 0.15) is 30.9 Å². The van der Waals surface area contributed by atoms with Gasteiger partial charge in [0.2, 0.25) is 12.7 Å². The van der Waals surface area contributed by atoms with Crippen LogP contribution >= 0.6 is 0 Å². The lowest BCUT2D eigenvalue weighted by atomic mass is 10.0. The molecule has 0 aromatic heterocycles. The highest BCUT2D eigenvalue weighted by Crippen LogP contribution is 2.33. The summed E-state index contributed by atoms with van der Waals surface area (Å²) in [7, 11) is 0. The van der Waals surface area contributed by atoms with Gasteiger partial charge in [-0.15, -0.1) is 0 Å². The van der Waals surface area contributed by atoms with E-state index in [0.717, 1.165) is 11.3 Å². The maximum Gasteiger partial charge on any atom is 0.231 e. The van der Waals surface area contributed by atoms with Gasteiger partial charge in [-0.3, -0.25) is 4.79 Å². The standard InChI is InChI=1S/C21H21FN2O4/c1-2-21(25)24(11-15-5-3-4-6-17(15)22)12-16-10-18(23-28-16)14-7-8-19-20(9-14)27-13-26-19/h3-9,16H,2,10-13H2,1H3/t16-/m0/s1. The lowest BCUT2D eigenvalue weighted by Crippen LogP contribution is -2.37. The van der Waals surface area contributed by atoms with E-state index >= 15 is 0 Å². The Balaban J connectivity index is 1.43. The molecule has 0 fully saturated rings. The number of benzene rings is 2. The van der Waals surface area contributed by atoms with E-state index in [1.807, 2.05) is 18.2 Å². The molecule has 0 N–H and O–H groups in total. The van der Waals surface area contributed by atoms with E-state index in [1.54, 1.807) is 30.0 Å². The van der Waals surface area contributed by atoms with E-state index < -0.39 is 0 Å². The summed E-state index contributed by atoms with van der Waals surface area (Å²) in [5.74, 6) is 1.03. The van der Waals surface area contributed by atoms with E-state index in [-0.39, 0.29) is 31.2 Å². The van der Waals surface area contributed by atoms with Crippen molar-refractivity contribution < 1.29 is 23.5 Å². The second-order valence-corrected chi connectivity index (χ2v) is 6.76. The van der Waals surface area contributed by atoms with Gasteiger partial charge < -0.3 is 19.2 Å². The molecule has 2 heterocycles. The van der Waals surface area contributed by atoms with Crippen molar-refractivity contribution in [1.29, 1.82) is 0 Å².